The lowest BCUT2D eigenvalue weighted by atomic mass is 9.96. The van der Waals surface area contributed by atoms with Crippen molar-refractivity contribution in [3.8, 4) is 11.1 Å². The number of hydrogen-bond acceptors (Lipinski definition) is 3. The molecule has 2 aromatic carbocycles. The Balaban J connectivity index is 0.00000300. The number of nitrogens with one attached hydrogen (secondary N) is 2. The van der Waals surface area contributed by atoms with Gasteiger partial charge in [-0.2, -0.15) is 0 Å². The van der Waals surface area contributed by atoms with Crippen molar-refractivity contribution in [2.45, 2.75) is 26.9 Å². The normalized spacial score (nSPS) is 10.7. The molecule has 0 aliphatic heterocycles. The number of amides is 2. The Labute approximate surface area is 176 Å². The molecule has 29 heavy (non-hydrogen) atoms. The lowest BCUT2D eigenvalue weighted by Gasteiger charge is -2.21. The molecule has 0 aliphatic carbocycles. The van der Waals surface area contributed by atoms with E-state index in [9.17, 15) is 9.59 Å². The maximum atomic E-state index is 13.2. The van der Waals surface area contributed by atoms with Gasteiger partial charge in [-0.3, -0.25) is 4.79 Å². The van der Waals surface area contributed by atoms with Gasteiger partial charge in [0.1, 0.15) is 0 Å². The first-order valence-electron chi connectivity index (χ1n) is 9.40. The van der Waals surface area contributed by atoms with Crippen LogP contribution in [0.4, 0.5) is 10.5 Å². The van der Waals surface area contributed by atoms with Crippen molar-refractivity contribution in [2.24, 2.45) is 11.7 Å². The van der Waals surface area contributed by atoms with Crippen LogP contribution in [0, 0.1) is 5.92 Å². The number of halogens is 1. The van der Waals surface area contributed by atoms with Crippen molar-refractivity contribution in [3.63, 3.8) is 0 Å². The van der Waals surface area contributed by atoms with Gasteiger partial charge in [0.05, 0.1) is 0 Å². The van der Waals surface area contributed by atoms with Gasteiger partial charge in [0.15, 0.2) is 0 Å². The Bertz CT molecular complexity index is 1060. The molecular weight excluding hydrogens is 388 g/mol. The summed E-state index contributed by atoms with van der Waals surface area (Å²) in [5, 5.41) is 6.71. The smallest absolute Gasteiger partial charge is 0.318 e. The van der Waals surface area contributed by atoms with Crippen LogP contribution in [0.3, 0.4) is 0 Å². The van der Waals surface area contributed by atoms with E-state index < -0.39 is 0 Å². The standard InChI is InChI=1S/C22H26N4O2.ClH/c1-14(2)13-26-19(12-23)20(15-7-5-4-6-8-15)18-11-16(25-22(28)24-3)9-10-17(18)21(26)27;/h4-11,14H,12-13,23H2,1-3H3,(H2,24,25,28);1H. The Morgan fingerprint density at radius 1 is 1.10 bits per heavy atom. The molecule has 3 rings (SSSR count). The van der Waals surface area contributed by atoms with Crippen LogP contribution < -0.4 is 21.9 Å². The third-order valence-electron chi connectivity index (χ3n) is 4.67. The highest BCUT2D eigenvalue weighted by molar-refractivity contribution is 6.01. The number of pyridine rings is 1. The zero-order chi connectivity index (χ0) is 20.3. The molecule has 0 saturated heterocycles. The van der Waals surface area contributed by atoms with E-state index >= 15 is 0 Å². The Kier molecular flexibility index (Phi) is 7.42. The molecule has 2 amide bonds. The van der Waals surface area contributed by atoms with E-state index in [1.165, 1.54) is 0 Å². The van der Waals surface area contributed by atoms with E-state index in [1.54, 1.807) is 23.7 Å². The number of aromatic nitrogens is 1. The highest BCUT2D eigenvalue weighted by atomic mass is 35.5. The van der Waals surface area contributed by atoms with Crippen LogP contribution in [-0.2, 0) is 13.1 Å². The highest BCUT2D eigenvalue weighted by Gasteiger charge is 2.18. The Morgan fingerprint density at radius 2 is 1.79 bits per heavy atom. The topological polar surface area (TPSA) is 89.2 Å². The number of urea groups is 1. The third-order valence-corrected chi connectivity index (χ3v) is 4.67. The van der Waals surface area contributed by atoms with Crippen molar-refractivity contribution in [1.29, 1.82) is 0 Å². The summed E-state index contributed by atoms with van der Waals surface area (Å²) >= 11 is 0. The van der Waals surface area contributed by atoms with Crippen LogP contribution in [0.5, 0.6) is 0 Å². The number of rotatable bonds is 5. The van der Waals surface area contributed by atoms with E-state index in [-0.39, 0.29) is 30.5 Å². The zero-order valence-electron chi connectivity index (χ0n) is 16.9. The fourth-order valence-electron chi connectivity index (χ4n) is 3.46. The minimum atomic E-state index is -0.312. The minimum absolute atomic E-state index is 0. The van der Waals surface area contributed by atoms with Crippen LogP contribution in [0.15, 0.2) is 53.3 Å². The molecule has 0 bridgehead atoms. The third kappa shape index (κ3) is 4.60. The second-order valence-corrected chi connectivity index (χ2v) is 7.17. The van der Waals surface area contributed by atoms with Gasteiger partial charge in [0.25, 0.3) is 5.56 Å². The molecule has 0 radical (unpaired) electrons. The molecule has 1 heterocycles. The second kappa shape index (κ2) is 9.58. The Hall–Kier alpha value is -2.83. The zero-order valence-corrected chi connectivity index (χ0v) is 17.7. The molecule has 0 saturated carbocycles. The number of benzene rings is 2. The minimum Gasteiger partial charge on any atom is -0.341 e. The molecule has 0 unspecified atom stereocenters. The molecule has 0 atom stereocenters. The van der Waals surface area contributed by atoms with E-state index in [0.29, 0.717) is 23.5 Å². The largest absolute Gasteiger partial charge is 0.341 e. The summed E-state index contributed by atoms with van der Waals surface area (Å²) in [4.78, 5) is 25.0. The second-order valence-electron chi connectivity index (χ2n) is 7.17. The summed E-state index contributed by atoms with van der Waals surface area (Å²) in [6.45, 7) is 5.00. The maximum absolute atomic E-state index is 13.2. The van der Waals surface area contributed by atoms with Gasteiger partial charge in [-0.15, -0.1) is 12.4 Å². The van der Waals surface area contributed by atoms with E-state index in [0.717, 1.165) is 22.2 Å². The summed E-state index contributed by atoms with van der Waals surface area (Å²) in [7, 11) is 1.56. The summed E-state index contributed by atoms with van der Waals surface area (Å²) in [5.74, 6) is 0.304. The number of carbonyl (C=O) groups excluding carboxylic acids is 1. The molecule has 7 heteroatoms. The van der Waals surface area contributed by atoms with Gasteiger partial charge >= 0.3 is 6.03 Å². The van der Waals surface area contributed by atoms with Crippen LogP contribution in [0.25, 0.3) is 21.9 Å². The molecule has 3 aromatic rings. The number of nitrogens with two attached hydrogens (primary N) is 1. The molecule has 4 N–H and O–H groups in total. The predicted octanol–water partition coefficient (Wildman–Crippen LogP) is 3.96. The summed E-state index contributed by atoms with van der Waals surface area (Å²) < 4.78 is 1.79. The molecular formula is C22H27ClN4O2. The molecule has 0 spiro atoms. The lowest BCUT2D eigenvalue weighted by Crippen LogP contribution is -2.28. The summed E-state index contributed by atoms with van der Waals surface area (Å²) in [6.07, 6.45) is 0. The predicted molar refractivity (Wildman–Crippen MR) is 122 cm³/mol. The number of anilines is 1. The van der Waals surface area contributed by atoms with Gasteiger partial charge in [-0.1, -0.05) is 44.2 Å². The highest BCUT2D eigenvalue weighted by Crippen LogP contribution is 2.32. The number of hydrogen-bond donors (Lipinski definition) is 3. The number of fused-ring (bicyclic) bond motifs is 1. The molecule has 0 fully saturated rings. The molecule has 1 aromatic heterocycles. The van der Waals surface area contributed by atoms with E-state index in [4.69, 9.17) is 5.73 Å². The lowest BCUT2D eigenvalue weighted by molar-refractivity contribution is 0.254. The monoisotopic (exact) mass is 414 g/mol. The quantitative estimate of drug-likeness (QED) is 0.590. The average Bonchev–Trinajstić information content (AvgIpc) is 2.70. The summed E-state index contributed by atoms with van der Waals surface area (Å²) in [5.41, 5.74) is 9.40. The fourth-order valence-corrected chi connectivity index (χ4v) is 3.46. The average molecular weight is 415 g/mol. The van der Waals surface area contributed by atoms with Gasteiger partial charge in [0, 0.05) is 42.5 Å². The summed E-state index contributed by atoms with van der Waals surface area (Å²) in [6, 6.07) is 14.9. The Morgan fingerprint density at radius 3 is 2.38 bits per heavy atom. The van der Waals surface area contributed by atoms with Gasteiger partial charge in [-0.25, -0.2) is 4.79 Å². The van der Waals surface area contributed by atoms with Crippen LogP contribution in [0.2, 0.25) is 0 Å². The SMILES string of the molecule is CNC(=O)Nc1ccc2c(=O)n(CC(C)C)c(CN)c(-c3ccccc3)c2c1.Cl. The van der Waals surface area contributed by atoms with E-state index in [2.05, 4.69) is 24.5 Å². The first kappa shape index (κ1) is 22.5. The number of nitrogens with zero attached hydrogens (tertiary/aromatic N) is 1. The van der Waals surface area contributed by atoms with Crippen molar-refractivity contribution in [1.82, 2.24) is 9.88 Å². The van der Waals surface area contributed by atoms with Crippen LogP contribution in [-0.4, -0.2) is 17.6 Å². The van der Waals surface area contributed by atoms with Gasteiger partial charge in [-0.05, 0) is 35.1 Å². The van der Waals surface area contributed by atoms with Crippen LogP contribution >= 0.6 is 12.4 Å². The molecule has 0 aliphatic rings. The molecule has 6 nitrogen and oxygen atoms in total. The van der Waals surface area contributed by atoms with Crippen LogP contribution in [0.1, 0.15) is 19.5 Å². The first-order chi connectivity index (χ1) is 13.5. The van der Waals surface area contributed by atoms with Gasteiger partial charge < -0.3 is 20.9 Å². The fraction of sp³-hybridized carbons (Fsp3) is 0.273. The molecule has 154 valence electrons. The van der Waals surface area contributed by atoms with Crippen molar-refractivity contribution in [3.05, 3.63) is 64.6 Å². The van der Waals surface area contributed by atoms with Crippen molar-refractivity contribution >= 4 is 34.9 Å². The van der Waals surface area contributed by atoms with Crippen molar-refractivity contribution < 1.29 is 4.79 Å². The first-order valence-corrected chi connectivity index (χ1v) is 9.40. The van der Waals surface area contributed by atoms with E-state index in [1.807, 2.05) is 36.4 Å². The van der Waals surface area contributed by atoms with Gasteiger partial charge in [0.2, 0.25) is 0 Å². The maximum Gasteiger partial charge on any atom is 0.318 e. The van der Waals surface area contributed by atoms with Crippen molar-refractivity contribution in [2.75, 3.05) is 12.4 Å². The number of carbonyl (C=O) groups is 1.